The Labute approximate surface area is 160 Å². The standard InChI is InChI=1S/C21H33FO5/c1-4-5-9-18(2)15(24)7-6-14-13-8-10-20(27,17(26)12-23)19(13,3)11-16(25)21(14,18)22/h13-14,16,23,25,27H,4-12H2,1-3H3/t13-,14-,16-,18-,19-,20-,21-/m0/s1. The van der Waals surface area contributed by atoms with Gasteiger partial charge in [-0.3, -0.25) is 9.59 Å². The molecule has 3 rings (SSSR count). The molecule has 0 unspecified atom stereocenters. The van der Waals surface area contributed by atoms with Crippen LogP contribution in [0.5, 0.6) is 0 Å². The fraction of sp³-hybridized carbons (Fsp3) is 0.905. The lowest BCUT2D eigenvalue weighted by atomic mass is 9.45. The smallest absolute Gasteiger partial charge is 0.190 e. The summed E-state index contributed by atoms with van der Waals surface area (Å²) in [6, 6.07) is 0. The molecule has 0 saturated heterocycles. The van der Waals surface area contributed by atoms with E-state index >= 15 is 4.39 Å². The summed E-state index contributed by atoms with van der Waals surface area (Å²) in [7, 11) is 0. The fourth-order valence-corrected chi connectivity index (χ4v) is 6.75. The average Bonchev–Trinajstić information content (AvgIpc) is 2.89. The van der Waals surface area contributed by atoms with Crippen molar-refractivity contribution in [3.8, 4) is 0 Å². The molecule has 154 valence electrons. The number of carbonyl (C=O) groups excluding carboxylic acids is 2. The predicted octanol–water partition coefficient (Wildman–Crippen LogP) is 2.34. The largest absolute Gasteiger partial charge is 0.390 e. The minimum atomic E-state index is -2.05. The number of hydrogen-bond donors (Lipinski definition) is 3. The summed E-state index contributed by atoms with van der Waals surface area (Å²) in [5, 5.41) is 31.5. The maximum atomic E-state index is 16.7. The fourth-order valence-electron chi connectivity index (χ4n) is 6.75. The Bertz CT molecular complexity index is 638. The molecule has 0 amide bonds. The molecule has 27 heavy (non-hydrogen) atoms. The van der Waals surface area contributed by atoms with Gasteiger partial charge < -0.3 is 15.3 Å². The second-order valence-corrected chi connectivity index (χ2v) is 9.50. The molecule has 3 saturated carbocycles. The van der Waals surface area contributed by atoms with E-state index in [0.717, 1.165) is 6.42 Å². The predicted molar refractivity (Wildman–Crippen MR) is 97.7 cm³/mol. The molecule has 0 aromatic rings. The molecule has 7 atom stereocenters. The molecular weight excluding hydrogens is 351 g/mol. The van der Waals surface area contributed by atoms with Gasteiger partial charge in [0, 0.05) is 17.8 Å². The third-order valence-electron chi connectivity index (χ3n) is 8.49. The number of alkyl halides is 1. The van der Waals surface area contributed by atoms with E-state index in [1.165, 1.54) is 0 Å². The highest BCUT2D eigenvalue weighted by atomic mass is 19.1. The van der Waals surface area contributed by atoms with Crippen molar-refractivity contribution in [2.24, 2.45) is 22.7 Å². The third kappa shape index (κ3) is 2.45. The van der Waals surface area contributed by atoms with Gasteiger partial charge in [-0.25, -0.2) is 4.39 Å². The zero-order chi connectivity index (χ0) is 20.3. The molecule has 0 spiro atoms. The molecule has 3 aliphatic rings. The molecule has 3 N–H and O–H groups in total. The van der Waals surface area contributed by atoms with Crippen LogP contribution in [0.1, 0.15) is 72.1 Å². The first kappa shape index (κ1) is 20.9. The first-order chi connectivity index (χ1) is 12.5. The van der Waals surface area contributed by atoms with Crippen LogP contribution in [0.3, 0.4) is 0 Å². The molecule has 3 aliphatic carbocycles. The minimum Gasteiger partial charge on any atom is -0.390 e. The molecule has 0 heterocycles. The molecular formula is C21H33FO5. The first-order valence-electron chi connectivity index (χ1n) is 10.3. The van der Waals surface area contributed by atoms with Crippen molar-refractivity contribution >= 4 is 11.6 Å². The lowest BCUT2D eigenvalue weighted by Crippen LogP contribution is -2.70. The highest BCUT2D eigenvalue weighted by Gasteiger charge is 2.74. The number of aliphatic hydroxyl groups excluding tert-OH is 2. The van der Waals surface area contributed by atoms with Gasteiger partial charge in [0.25, 0.3) is 0 Å². The Morgan fingerprint density at radius 1 is 1.26 bits per heavy atom. The minimum absolute atomic E-state index is 0.0814. The Hall–Kier alpha value is -0.850. The van der Waals surface area contributed by atoms with E-state index in [1.807, 2.05) is 6.92 Å². The van der Waals surface area contributed by atoms with E-state index in [-0.39, 0.29) is 31.0 Å². The first-order valence-corrected chi connectivity index (χ1v) is 10.3. The summed E-state index contributed by atoms with van der Waals surface area (Å²) in [5.41, 5.74) is -6.04. The SMILES string of the molecule is CCCC[C@@]1(C)C(=O)CC[C@H]2[C@@H]3CC[C@](O)(C(=O)CO)[C@@]3(C)C[C@H](O)[C@@]21F. The number of rotatable bonds is 5. The molecule has 0 bridgehead atoms. The van der Waals surface area contributed by atoms with E-state index in [4.69, 9.17) is 0 Å². The maximum Gasteiger partial charge on any atom is 0.190 e. The monoisotopic (exact) mass is 384 g/mol. The van der Waals surface area contributed by atoms with Gasteiger partial charge in [-0.2, -0.15) is 0 Å². The van der Waals surface area contributed by atoms with Gasteiger partial charge in [0.05, 0.1) is 11.5 Å². The summed E-state index contributed by atoms with van der Waals surface area (Å²) in [6.07, 6.45) is 1.66. The van der Waals surface area contributed by atoms with Gasteiger partial charge in [0.1, 0.15) is 18.0 Å². The summed E-state index contributed by atoms with van der Waals surface area (Å²) in [6.45, 7) is 4.61. The summed E-state index contributed by atoms with van der Waals surface area (Å²) in [4.78, 5) is 25.1. The molecule has 0 aromatic carbocycles. The Morgan fingerprint density at radius 2 is 1.93 bits per heavy atom. The van der Waals surface area contributed by atoms with E-state index in [0.29, 0.717) is 25.7 Å². The summed E-state index contributed by atoms with van der Waals surface area (Å²) in [5.74, 6) is -1.67. The van der Waals surface area contributed by atoms with Gasteiger partial charge in [0.15, 0.2) is 11.5 Å². The number of Topliss-reactive ketones (excluding diaryl/α,β-unsaturated/α-hetero) is 2. The van der Waals surface area contributed by atoms with Crippen molar-refractivity contribution in [2.45, 2.75) is 89.5 Å². The molecule has 0 aromatic heterocycles. The van der Waals surface area contributed by atoms with Crippen molar-refractivity contribution < 1.29 is 29.3 Å². The second-order valence-electron chi connectivity index (χ2n) is 9.50. The van der Waals surface area contributed by atoms with E-state index in [9.17, 15) is 24.9 Å². The lowest BCUT2D eigenvalue weighted by molar-refractivity contribution is -0.232. The van der Waals surface area contributed by atoms with Gasteiger partial charge in [0.2, 0.25) is 0 Å². The second kappa shape index (κ2) is 6.60. The molecule has 0 radical (unpaired) electrons. The van der Waals surface area contributed by atoms with Crippen LogP contribution in [0.25, 0.3) is 0 Å². The van der Waals surface area contributed by atoms with Crippen molar-refractivity contribution in [1.29, 1.82) is 0 Å². The van der Waals surface area contributed by atoms with Crippen LogP contribution in [0, 0.1) is 22.7 Å². The van der Waals surface area contributed by atoms with Crippen LogP contribution in [-0.2, 0) is 9.59 Å². The number of unbranched alkanes of at least 4 members (excludes halogenated alkanes) is 1. The number of aliphatic hydroxyl groups is 3. The van der Waals surface area contributed by atoms with Crippen LogP contribution in [0.15, 0.2) is 0 Å². The highest BCUT2D eigenvalue weighted by molar-refractivity contribution is 5.90. The molecule has 5 nitrogen and oxygen atoms in total. The average molecular weight is 384 g/mol. The van der Waals surface area contributed by atoms with Gasteiger partial charge in [-0.15, -0.1) is 0 Å². The van der Waals surface area contributed by atoms with Crippen LogP contribution in [0.4, 0.5) is 4.39 Å². The van der Waals surface area contributed by atoms with Crippen molar-refractivity contribution in [1.82, 2.24) is 0 Å². The Kier molecular flexibility index (Phi) is 5.10. The number of fused-ring (bicyclic) bond motifs is 3. The van der Waals surface area contributed by atoms with Gasteiger partial charge in [-0.05, 0) is 44.9 Å². The van der Waals surface area contributed by atoms with Crippen LogP contribution in [0.2, 0.25) is 0 Å². The van der Waals surface area contributed by atoms with Crippen LogP contribution < -0.4 is 0 Å². The van der Waals surface area contributed by atoms with Crippen molar-refractivity contribution in [2.75, 3.05) is 6.61 Å². The van der Waals surface area contributed by atoms with E-state index < -0.39 is 46.5 Å². The summed E-state index contributed by atoms with van der Waals surface area (Å²) < 4.78 is 16.7. The van der Waals surface area contributed by atoms with Gasteiger partial charge >= 0.3 is 0 Å². The zero-order valence-electron chi connectivity index (χ0n) is 16.6. The van der Waals surface area contributed by atoms with Crippen LogP contribution >= 0.6 is 0 Å². The van der Waals surface area contributed by atoms with Crippen molar-refractivity contribution in [3.05, 3.63) is 0 Å². The number of ketones is 2. The normalized spacial score (nSPS) is 49.6. The highest BCUT2D eigenvalue weighted by Crippen LogP contribution is 2.68. The Morgan fingerprint density at radius 3 is 2.52 bits per heavy atom. The van der Waals surface area contributed by atoms with E-state index in [2.05, 4.69) is 0 Å². The number of hydrogen-bond acceptors (Lipinski definition) is 5. The molecule has 6 heteroatoms. The van der Waals surface area contributed by atoms with Crippen LogP contribution in [-0.4, -0.2) is 50.9 Å². The van der Waals surface area contributed by atoms with Crippen molar-refractivity contribution in [3.63, 3.8) is 0 Å². The quantitative estimate of drug-likeness (QED) is 0.676. The molecule has 3 fully saturated rings. The number of halogens is 1. The lowest BCUT2D eigenvalue weighted by Gasteiger charge is -2.61. The topological polar surface area (TPSA) is 94.8 Å². The molecule has 0 aliphatic heterocycles. The Balaban J connectivity index is 2.06. The maximum absolute atomic E-state index is 16.7. The summed E-state index contributed by atoms with van der Waals surface area (Å²) >= 11 is 0. The van der Waals surface area contributed by atoms with E-state index in [1.54, 1.807) is 13.8 Å². The third-order valence-corrected chi connectivity index (χ3v) is 8.49. The number of carbonyl (C=O) groups is 2. The zero-order valence-corrected chi connectivity index (χ0v) is 16.6. The van der Waals surface area contributed by atoms with Gasteiger partial charge in [-0.1, -0.05) is 26.7 Å².